The van der Waals surface area contributed by atoms with Crippen LogP contribution in [0.3, 0.4) is 0 Å². The van der Waals surface area contributed by atoms with Crippen molar-refractivity contribution < 1.29 is 0 Å². The summed E-state index contributed by atoms with van der Waals surface area (Å²) in [5.74, 6) is 1.54. The first-order chi connectivity index (χ1) is 7.72. The Bertz CT molecular complexity index is 408. The van der Waals surface area contributed by atoms with Crippen LogP contribution < -0.4 is 4.90 Å². The summed E-state index contributed by atoms with van der Waals surface area (Å²) in [4.78, 5) is 6.63. The van der Waals surface area contributed by atoms with Gasteiger partial charge < -0.3 is 4.90 Å². The molecule has 1 aromatic rings. The topological polar surface area (TPSA) is 39.9 Å². The lowest BCUT2D eigenvalue weighted by Gasteiger charge is -2.38. The van der Waals surface area contributed by atoms with Crippen molar-refractivity contribution in [1.82, 2.24) is 4.98 Å². The number of rotatable bonds is 1. The number of anilines is 1. The normalized spacial score (nSPS) is 25.2. The molecule has 84 valence electrons. The van der Waals surface area contributed by atoms with Crippen LogP contribution in [0.2, 0.25) is 0 Å². The van der Waals surface area contributed by atoms with E-state index in [0.29, 0.717) is 17.5 Å². The second-order valence-corrected chi connectivity index (χ2v) is 4.67. The summed E-state index contributed by atoms with van der Waals surface area (Å²) in [5.41, 5.74) is 0.684. The molecule has 0 amide bonds. The molecule has 1 saturated heterocycles. The maximum absolute atomic E-state index is 9.08. The molecule has 1 aliphatic heterocycles. The van der Waals surface area contributed by atoms with Crippen LogP contribution in [0, 0.1) is 17.2 Å². The van der Waals surface area contributed by atoms with E-state index in [4.69, 9.17) is 5.26 Å². The van der Waals surface area contributed by atoms with Crippen LogP contribution in [0.4, 0.5) is 5.82 Å². The number of pyridine rings is 1. The second-order valence-electron chi connectivity index (χ2n) is 4.67. The van der Waals surface area contributed by atoms with Crippen molar-refractivity contribution >= 4 is 5.82 Å². The van der Waals surface area contributed by atoms with E-state index in [0.717, 1.165) is 12.4 Å². The fourth-order valence-electron chi connectivity index (χ4n) is 2.30. The number of aromatic nitrogens is 1. The highest BCUT2D eigenvalue weighted by Gasteiger charge is 2.25. The van der Waals surface area contributed by atoms with Crippen LogP contribution in [-0.4, -0.2) is 17.6 Å². The smallest absolute Gasteiger partial charge is 0.146 e. The van der Waals surface area contributed by atoms with Crippen molar-refractivity contribution in [3.63, 3.8) is 0 Å². The van der Waals surface area contributed by atoms with Gasteiger partial charge in [-0.15, -0.1) is 0 Å². The van der Waals surface area contributed by atoms with E-state index >= 15 is 0 Å². The molecule has 0 bridgehead atoms. The minimum absolute atomic E-state index is 0.484. The Morgan fingerprint density at radius 3 is 3.00 bits per heavy atom. The van der Waals surface area contributed by atoms with Crippen LogP contribution in [0.25, 0.3) is 0 Å². The largest absolute Gasteiger partial charge is 0.353 e. The molecule has 3 heteroatoms. The molecule has 2 rings (SSSR count). The van der Waals surface area contributed by atoms with Crippen LogP contribution in [0.15, 0.2) is 18.3 Å². The number of hydrogen-bond donors (Lipinski definition) is 0. The van der Waals surface area contributed by atoms with Gasteiger partial charge >= 0.3 is 0 Å². The highest BCUT2D eigenvalue weighted by Crippen LogP contribution is 2.27. The van der Waals surface area contributed by atoms with E-state index in [-0.39, 0.29) is 0 Å². The first-order valence-corrected chi connectivity index (χ1v) is 5.84. The van der Waals surface area contributed by atoms with Crippen molar-refractivity contribution in [2.75, 3.05) is 11.4 Å². The Morgan fingerprint density at radius 2 is 2.25 bits per heavy atom. The Balaban J connectivity index is 2.32. The minimum atomic E-state index is 0.484. The zero-order valence-corrected chi connectivity index (χ0v) is 9.85. The molecule has 2 heterocycles. The maximum Gasteiger partial charge on any atom is 0.146 e. The van der Waals surface area contributed by atoms with E-state index in [1.54, 1.807) is 6.20 Å². The van der Waals surface area contributed by atoms with Crippen molar-refractivity contribution in [2.45, 2.75) is 32.7 Å². The Morgan fingerprint density at radius 1 is 1.44 bits per heavy atom. The number of nitrogens with zero attached hydrogens (tertiary/aromatic N) is 3. The van der Waals surface area contributed by atoms with Crippen LogP contribution in [0.1, 0.15) is 32.3 Å². The molecule has 1 aromatic heterocycles. The summed E-state index contributed by atoms with van der Waals surface area (Å²) >= 11 is 0. The molecule has 2 atom stereocenters. The second kappa shape index (κ2) is 4.52. The van der Waals surface area contributed by atoms with Gasteiger partial charge in [0, 0.05) is 18.8 Å². The van der Waals surface area contributed by atoms with E-state index < -0.39 is 0 Å². The highest BCUT2D eigenvalue weighted by molar-refractivity contribution is 5.54. The molecule has 0 N–H and O–H groups in total. The molecule has 0 spiro atoms. The predicted molar refractivity (Wildman–Crippen MR) is 64.2 cm³/mol. The maximum atomic E-state index is 9.08. The third-order valence-corrected chi connectivity index (χ3v) is 3.30. The lowest BCUT2D eigenvalue weighted by atomic mass is 9.95. The van der Waals surface area contributed by atoms with Crippen molar-refractivity contribution in [3.8, 4) is 6.07 Å². The lowest BCUT2D eigenvalue weighted by Crippen LogP contribution is -2.42. The van der Waals surface area contributed by atoms with Crippen LogP contribution >= 0.6 is 0 Å². The first kappa shape index (κ1) is 10.9. The van der Waals surface area contributed by atoms with Gasteiger partial charge in [0.2, 0.25) is 0 Å². The van der Waals surface area contributed by atoms with Gasteiger partial charge in [-0.1, -0.05) is 6.92 Å². The number of piperidine rings is 1. The molecule has 3 nitrogen and oxygen atoms in total. The first-order valence-electron chi connectivity index (χ1n) is 5.84. The molecular formula is C13H17N3. The van der Waals surface area contributed by atoms with Gasteiger partial charge in [-0.25, -0.2) is 4.98 Å². The van der Waals surface area contributed by atoms with Gasteiger partial charge in [-0.05, 0) is 37.8 Å². The molecule has 0 saturated carbocycles. The average molecular weight is 215 g/mol. The molecule has 1 aliphatic rings. The van der Waals surface area contributed by atoms with E-state index in [1.807, 2.05) is 12.1 Å². The summed E-state index contributed by atoms with van der Waals surface area (Å²) in [6.07, 6.45) is 4.22. The molecule has 0 aliphatic carbocycles. The van der Waals surface area contributed by atoms with Gasteiger partial charge in [-0.3, -0.25) is 0 Å². The van der Waals surface area contributed by atoms with Gasteiger partial charge in [0.05, 0.1) is 5.56 Å². The summed E-state index contributed by atoms with van der Waals surface area (Å²) in [6.45, 7) is 5.47. The Labute approximate surface area is 96.7 Å². The monoisotopic (exact) mass is 215 g/mol. The van der Waals surface area contributed by atoms with Crippen molar-refractivity contribution in [2.24, 2.45) is 5.92 Å². The Kier molecular flexibility index (Phi) is 3.09. The van der Waals surface area contributed by atoms with Gasteiger partial charge in [0.15, 0.2) is 0 Å². The van der Waals surface area contributed by atoms with Gasteiger partial charge in [-0.2, -0.15) is 5.26 Å². The summed E-state index contributed by atoms with van der Waals surface area (Å²) in [7, 11) is 0. The summed E-state index contributed by atoms with van der Waals surface area (Å²) in [6, 6.07) is 6.37. The lowest BCUT2D eigenvalue weighted by molar-refractivity contribution is 0.388. The highest BCUT2D eigenvalue weighted by atomic mass is 15.2. The van der Waals surface area contributed by atoms with Crippen LogP contribution in [0.5, 0.6) is 0 Å². The molecule has 0 radical (unpaired) electrons. The molecule has 2 unspecified atom stereocenters. The van der Waals surface area contributed by atoms with Crippen molar-refractivity contribution in [3.05, 3.63) is 23.9 Å². The summed E-state index contributed by atoms with van der Waals surface area (Å²) < 4.78 is 0. The third kappa shape index (κ3) is 2.01. The quantitative estimate of drug-likeness (QED) is 0.723. The zero-order chi connectivity index (χ0) is 11.5. The Hall–Kier alpha value is -1.56. The van der Waals surface area contributed by atoms with E-state index in [2.05, 4.69) is 29.8 Å². The molecule has 16 heavy (non-hydrogen) atoms. The zero-order valence-electron chi connectivity index (χ0n) is 9.85. The summed E-state index contributed by atoms with van der Waals surface area (Å²) in [5, 5.41) is 9.08. The fraction of sp³-hybridized carbons (Fsp3) is 0.538. The standard InChI is InChI=1S/C13H17N3/c1-10-5-6-11(2)16(9-10)13-12(8-14)4-3-7-15-13/h3-4,7,10-11H,5-6,9H2,1-2H3. The number of nitriles is 1. The molecular weight excluding hydrogens is 198 g/mol. The van der Waals surface area contributed by atoms with Gasteiger partial charge in [0.25, 0.3) is 0 Å². The minimum Gasteiger partial charge on any atom is -0.353 e. The third-order valence-electron chi connectivity index (χ3n) is 3.30. The number of hydrogen-bond acceptors (Lipinski definition) is 3. The van der Waals surface area contributed by atoms with E-state index in [9.17, 15) is 0 Å². The predicted octanol–water partition coefficient (Wildman–Crippen LogP) is 2.58. The molecule has 1 fully saturated rings. The SMILES string of the molecule is CC1CCC(C)N(c2ncccc2C#N)C1. The van der Waals surface area contributed by atoms with Gasteiger partial charge in [0.1, 0.15) is 11.9 Å². The average Bonchev–Trinajstić information content (AvgIpc) is 2.32. The van der Waals surface area contributed by atoms with Crippen molar-refractivity contribution in [1.29, 1.82) is 5.26 Å². The molecule has 0 aromatic carbocycles. The van der Waals surface area contributed by atoms with Crippen LogP contribution in [-0.2, 0) is 0 Å². The fourth-order valence-corrected chi connectivity index (χ4v) is 2.30. The van der Waals surface area contributed by atoms with E-state index in [1.165, 1.54) is 12.8 Å².